The number of rotatable bonds is 9. The van der Waals surface area contributed by atoms with Gasteiger partial charge in [-0.2, -0.15) is 0 Å². The Hall–Kier alpha value is -4.20. The molecule has 0 spiro atoms. The van der Waals surface area contributed by atoms with Gasteiger partial charge in [-0.15, -0.1) is 0 Å². The first kappa shape index (κ1) is 28.8. The molecule has 8 heteroatoms. The van der Waals surface area contributed by atoms with Crippen molar-refractivity contribution in [3.8, 4) is 0 Å². The van der Waals surface area contributed by atoms with Crippen LogP contribution in [0.5, 0.6) is 0 Å². The molecule has 0 aliphatic carbocycles. The zero-order chi connectivity index (χ0) is 28.5. The predicted molar refractivity (Wildman–Crippen MR) is 156 cm³/mol. The van der Waals surface area contributed by atoms with Crippen LogP contribution in [0.1, 0.15) is 60.5 Å². The highest BCUT2D eigenvalue weighted by Gasteiger charge is 2.27. The molecule has 4 rings (SSSR count). The molecule has 1 aliphatic heterocycles. The third-order valence-corrected chi connectivity index (χ3v) is 7.27. The van der Waals surface area contributed by atoms with Gasteiger partial charge in [-0.25, -0.2) is 4.39 Å². The topological polar surface area (TPSA) is 81.8 Å². The van der Waals surface area contributed by atoms with E-state index in [4.69, 9.17) is 0 Å². The smallest absolute Gasteiger partial charge is 0.253 e. The van der Waals surface area contributed by atoms with Crippen LogP contribution < -0.4 is 15.5 Å². The maximum absolute atomic E-state index is 13.5. The first-order chi connectivity index (χ1) is 19.4. The van der Waals surface area contributed by atoms with Gasteiger partial charge in [0.1, 0.15) is 5.82 Å². The second-order valence-corrected chi connectivity index (χ2v) is 9.98. The van der Waals surface area contributed by atoms with E-state index >= 15 is 0 Å². The standard InChI is InChI=1S/C32H37FN4O3/c1-3-27(24-9-6-5-7-10-24)32(40)37-18-8-17-36(19-20-37)29-16-15-26(35-30(38)4-2)21-28(29)31(39)34-22-23-11-13-25(33)14-12-23/h5-7,9-16,21,27H,3-4,8,17-20,22H2,1-2H3,(H,34,39)(H,35,38). The van der Waals surface area contributed by atoms with Crippen molar-refractivity contribution in [2.45, 2.75) is 45.6 Å². The summed E-state index contributed by atoms with van der Waals surface area (Å²) in [6, 6.07) is 21.2. The molecule has 210 valence electrons. The number of benzene rings is 3. The molecule has 7 nitrogen and oxygen atoms in total. The van der Waals surface area contributed by atoms with Crippen LogP contribution in [0.4, 0.5) is 15.8 Å². The Labute approximate surface area is 235 Å². The summed E-state index contributed by atoms with van der Waals surface area (Å²) in [6.07, 6.45) is 1.82. The average Bonchev–Trinajstić information content (AvgIpc) is 3.24. The van der Waals surface area contributed by atoms with E-state index in [1.807, 2.05) is 48.2 Å². The lowest BCUT2D eigenvalue weighted by atomic mass is 9.95. The van der Waals surface area contributed by atoms with E-state index in [9.17, 15) is 18.8 Å². The highest BCUT2D eigenvalue weighted by atomic mass is 19.1. The van der Waals surface area contributed by atoms with Gasteiger partial charge in [0.25, 0.3) is 5.91 Å². The fraction of sp³-hybridized carbons (Fsp3) is 0.344. The van der Waals surface area contributed by atoms with Gasteiger partial charge in [-0.1, -0.05) is 56.3 Å². The number of amides is 3. The van der Waals surface area contributed by atoms with Crippen molar-refractivity contribution in [3.05, 3.63) is 95.3 Å². The minimum absolute atomic E-state index is 0.130. The molecule has 0 aromatic heterocycles. The SMILES string of the molecule is CCC(=O)Nc1ccc(N2CCCN(C(=O)C(CC)c3ccccc3)CC2)c(C(=O)NCc2ccc(F)cc2)c1. The Morgan fingerprint density at radius 2 is 1.65 bits per heavy atom. The lowest BCUT2D eigenvalue weighted by molar-refractivity contribution is -0.132. The Bertz CT molecular complexity index is 1310. The van der Waals surface area contributed by atoms with Gasteiger partial charge in [0, 0.05) is 50.5 Å². The number of carbonyl (C=O) groups excluding carboxylic acids is 3. The fourth-order valence-corrected chi connectivity index (χ4v) is 5.04. The molecule has 0 bridgehead atoms. The fourth-order valence-electron chi connectivity index (χ4n) is 5.04. The number of hydrogen-bond donors (Lipinski definition) is 2. The predicted octanol–water partition coefficient (Wildman–Crippen LogP) is 5.34. The van der Waals surface area contributed by atoms with Crippen LogP contribution in [0.2, 0.25) is 0 Å². The van der Waals surface area contributed by atoms with Crippen molar-refractivity contribution < 1.29 is 18.8 Å². The van der Waals surface area contributed by atoms with Crippen LogP contribution in [0, 0.1) is 5.82 Å². The third-order valence-electron chi connectivity index (χ3n) is 7.27. The summed E-state index contributed by atoms with van der Waals surface area (Å²) in [6.45, 7) is 6.51. The largest absolute Gasteiger partial charge is 0.369 e. The van der Waals surface area contributed by atoms with Gasteiger partial charge in [-0.3, -0.25) is 14.4 Å². The third kappa shape index (κ3) is 7.25. The quantitative estimate of drug-likeness (QED) is 0.381. The molecule has 1 aliphatic rings. The van der Waals surface area contributed by atoms with Crippen LogP contribution in [0.25, 0.3) is 0 Å². The minimum Gasteiger partial charge on any atom is -0.369 e. The van der Waals surface area contributed by atoms with Crippen molar-refractivity contribution >= 4 is 29.1 Å². The molecule has 1 fully saturated rings. The van der Waals surface area contributed by atoms with Crippen molar-refractivity contribution in [2.75, 3.05) is 36.4 Å². The average molecular weight is 545 g/mol. The lowest BCUT2D eigenvalue weighted by Crippen LogP contribution is -2.38. The molecule has 0 saturated carbocycles. The summed E-state index contributed by atoms with van der Waals surface area (Å²) in [7, 11) is 0. The molecule has 0 radical (unpaired) electrons. The van der Waals surface area contributed by atoms with Gasteiger partial charge in [0.05, 0.1) is 11.5 Å². The van der Waals surface area contributed by atoms with Gasteiger partial charge in [0.2, 0.25) is 11.8 Å². The minimum atomic E-state index is -0.334. The zero-order valence-electron chi connectivity index (χ0n) is 23.2. The molecule has 3 aromatic rings. The molecule has 1 unspecified atom stereocenters. The molecule has 2 N–H and O–H groups in total. The number of hydrogen-bond acceptors (Lipinski definition) is 4. The maximum atomic E-state index is 13.5. The highest BCUT2D eigenvalue weighted by Crippen LogP contribution is 2.28. The normalized spacial score (nSPS) is 14.3. The second kappa shape index (κ2) is 13.7. The molecule has 1 atom stereocenters. The Balaban J connectivity index is 1.52. The monoisotopic (exact) mass is 544 g/mol. The van der Waals surface area contributed by atoms with Crippen molar-refractivity contribution in [2.24, 2.45) is 0 Å². The summed E-state index contributed by atoms with van der Waals surface area (Å²) >= 11 is 0. The Morgan fingerprint density at radius 1 is 0.900 bits per heavy atom. The summed E-state index contributed by atoms with van der Waals surface area (Å²) in [5.41, 5.74) is 3.53. The van der Waals surface area contributed by atoms with E-state index in [0.29, 0.717) is 43.9 Å². The first-order valence-electron chi connectivity index (χ1n) is 13.9. The van der Waals surface area contributed by atoms with E-state index in [2.05, 4.69) is 15.5 Å². The summed E-state index contributed by atoms with van der Waals surface area (Å²) in [4.78, 5) is 43.0. The van der Waals surface area contributed by atoms with E-state index in [-0.39, 0.29) is 36.0 Å². The van der Waals surface area contributed by atoms with Crippen molar-refractivity contribution in [1.29, 1.82) is 0 Å². The Morgan fingerprint density at radius 3 is 2.35 bits per heavy atom. The van der Waals surface area contributed by atoms with Crippen molar-refractivity contribution in [1.82, 2.24) is 10.2 Å². The molecule has 1 heterocycles. The van der Waals surface area contributed by atoms with Crippen LogP contribution in [-0.4, -0.2) is 48.8 Å². The molecule has 3 aromatic carbocycles. The summed E-state index contributed by atoms with van der Waals surface area (Å²) in [5.74, 6) is -0.815. The molecular formula is C32H37FN4O3. The van der Waals surface area contributed by atoms with Crippen molar-refractivity contribution in [3.63, 3.8) is 0 Å². The van der Waals surface area contributed by atoms with E-state index in [1.165, 1.54) is 12.1 Å². The summed E-state index contributed by atoms with van der Waals surface area (Å²) < 4.78 is 13.3. The van der Waals surface area contributed by atoms with Gasteiger partial charge in [0.15, 0.2) is 0 Å². The first-order valence-corrected chi connectivity index (χ1v) is 13.9. The van der Waals surface area contributed by atoms with Gasteiger partial charge >= 0.3 is 0 Å². The molecule has 1 saturated heterocycles. The van der Waals surface area contributed by atoms with Crippen LogP contribution in [0.3, 0.4) is 0 Å². The zero-order valence-corrected chi connectivity index (χ0v) is 23.2. The van der Waals surface area contributed by atoms with Gasteiger partial charge in [-0.05, 0) is 54.3 Å². The molecule has 40 heavy (non-hydrogen) atoms. The maximum Gasteiger partial charge on any atom is 0.253 e. The summed E-state index contributed by atoms with van der Waals surface area (Å²) in [5, 5.41) is 5.76. The number of carbonyl (C=O) groups is 3. The lowest BCUT2D eigenvalue weighted by Gasteiger charge is -2.28. The highest BCUT2D eigenvalue weighted by molar-refractivity contribution is 6.02. The van der Waals surface area contributed by atoms with Gasteiger partial charge < -0.3 is 20.4 Å². The van der Waals surface area contributed by atoms with E-state index in [0.717, 1.165) is 29.7 Å². The van der Waals surface area contributed by atoms with Crippen LogP contribution >= 0.6 is 0 Å². The molecular weight excluding hydrogens is 507 g/mol. The molecule has 3 amide bonds. The number of anilines is 2. The number of halogens is 1. The number of nitrogens with one attached hydrogen (secondary N) is 2. The van der Waals surface area contributed by atoms with Crippen LogP contribution in [-0.2, 0) is 16.1 Å². The number of nitrogens with zero attached hydrogens (tertiary/aromatic N) is 2. The van der Waals surface area contributed by atoms with E-state index < -0.39 is 0 Å². The second-order valence-electron chi connectivity index (χ2n) is 9.98. The van der Waals surface area contributed by atoms with Crippen LogP contribution in [0.15, 0.2) is 72.8 Å². The Kier molecular flexibility index (Phi) is 9.89. The van der Waals surface area contributed by atoms with E-state index in [1.54, 1.807) is 31.2 Å².